The lowest BCUT2D eigenvalue weighted by atomic mass is 10.1. The van der Waals surface area contributed by atoms with E-state index < -0.39 is 30.3 Å². The van der Waals surface area contributed by atoms with Gasteiger partial charge in [0.2, 0.25) is 11.8 Å². The Morgan fingerprint density at radius 1 is 1.27 bits per heavy atom. The van der Waals surface area contributed by atoms with Gasteiger partial charge in [-0.15, -0.1) is 0 Å². The first-order valence-corrected chi connectivity index (χ1v) is 10.1. The number of carbonyl (C=O) groups excluding carboxylic acids is 2. The average Bonchev–Trinajstić information content (AvgIpc) is 3.38. The summed E-state index contributed by atoms with van der Waals surface area (Å²) in [7, 11) is 0. The second kappa shape index (κ2) is 8.50. The number of aliphatic hydroxyl groups excluding tert-OH is 2. The summed E-state index contributed by atoms with van der Waals surface area (Å²) in [5.74, 6) is -0.241. The highest BCUT2D eigenvalue weighted by Gasteiger charge is 2.36. The SMILES string of the molecule is O=C(N[C@@H](Cc1ccccc1)C(=O)N1C[C@@H](O)[C@@H](O)C1)Oc1cc2occ(Br)c2[nH]1. The summed E-state index contributed by atoms with van der Waals surface area (Å²) < 4.78 is 11.3. The maximum atomic E-state index is 13.0. The van der Waals surface area contributed by atoms with E-state index in [1.807, 2.05) is 30.3 Å². The molecule has 3 heterocycles. The molecule has 3 aromatic rings. The minimum Gasteiger partial charge on any atom is -0.461 e. The summed E-state index contributed by atoms with van der Waals surface area (Å²) in [5, 5.41) is 22.1. The molecule has 30 heavy (non-hydrogen) atoms. The number of fused-ring (bicyclic) bond motifs is 1. The Morgan fingerprint density at radius 3 is 2.63 bits per heavy atom. The number of rotatable bonds is 5. The summed E-state index contributed by atoms with van der Waals surface area (Å²) in [6, 6.07) is 9.82. The third kappa shape index (κ3) is 4.35. The maximum Gasteiger partial charge on any atom is 0.414 e. The van der Waals surface area contributed by atoms with Crippen molar-refractivity contribution in [3.05, 3.63) is 52.7 Å². The summed E-state index contributed by atoms with van der Waals surface area (Å²) in [6.45, 7) is 0.00608. The number of likely N-dealkylation sites (tertiary alicyclic amines) is 1. The van der Waals surface area contributed by atoms with Crippen LogP contribution in [0.2, 0.25) is 0 Å². The van der Waals surface area contributed by atoms with Crippen LogP contribution >= 0.6 is 15.9 Å². The van der Waals surface area contributed by atoms with Crippen LogP contribution in [-0.2, 0) is 11.2 Å². The first-order valence-electron chi connectivity index (χ1n) is 9.33. The fraction of sp³-hybridized carbons (Fsp3) is 0.300. The minimum atomic E-state index is -1.01. The average molecular weight is 478 g/mol. The van der Waals surface area contributed by atoms with Crippen molar-refractivity contribution in [1.29, 1.82) is 0 Å². The number of aromatic nitrogens is 1. The van der Waals surface area contributed by atoms with Gasteiger partial charge in [-0.1, -0.05) is 30.3 Å². The Morgan fingerprint density at radius 2 is 1.97 bits per heavy atom. The van der Waals surface area contributed by atoms with Crippen molar-refractivity contribution in [3.8, 4) is 5.88 Å². The molecule has 4 rings (SSSR count). The van der Waals surface area contributed by atoms with E-state index in [1.165, 1.54) is 17.2 Å². The topological polar surface area (TPSA) is 128 Å². The van der Waals surface area contributed by atoms with E-state index in [0.717, 1.165) is 5.56 Å². The molecule has 1 fully saturated rings. The lowest BCUT2D eigenvalue weighted by molar-refractivity contribution is -0.132. The van der Waals surface area contributed by atoms with E-state index in [9.17, 15) is 19.8 Å². The Labute approximate surface area is 179 Å². The number of hydrogen-bond donors (Lipinski definition) is 4. The van der Waals surface area contributed by atoms with Gasteiger partial charge in [-0.05, 0) is 21.5 Å². The predicted octanol–water partition coefficient (Wildman–Crippen LogP) is 1.79. The van der Waals surface area contributed by atoms with Crippen LogP contribution in [-0.4, -0.2) is 63.4 Å². The molecule has 0 aliphatic carbocycles. The highest BCUT2D eigenvalue weighted by molar-refractivity contribution is 9.10. The monoisotopic (exact) mass is 477 g/mol. The second-order valence-corrected chi connectivity index (χ2v) is 7.96. The second-order valence-electron chi connectivity index (χ2n) is 7.11. The number of β-amino-alcohol motifs (C(OH)–C–C–N with tert-alkyl or cyclic N) is 2. The van der Waals surface area contributed by atoms with Gasteiger partial charge in [-0.3, -0.25) is 4.79 Å². The van der Waals surface area contributed by atoms with Gasteiger partial charge in [0.1, 0.15) is 17.8 Å². The van der Waals surface area contributed by atoms with Crippen LogP contribution in [0.3, 0.4) is 0 Å². The molecular weight excluding hydrogens is 458 g/mol. The van der Waals surface area contributed by atoms with Crippen LogP contribution in [0.1, 0.15) is 5.56 Å². The number of H-pyrrole nitrogens is 1. The largest absolute Gasteiger partial charge is 0.461 e. The van der Waals surface area contributed by atoms with Gasteiger partial charge < -0.3 is 34.6 Å². The number of nitrogens with zero attached hydrogens (tertiary/aromatic N) is 1. The smallest absolute Gasteiger partial charge is 0.414 e. The summed E-state index contributed by atoms with van der Waals surface area (Å²) in [5.41, 5.74) is 2.01. The molecule has 1 saturated heterocycles. The van der Waals surface area contributed by atoms with Crippen LogP contribution in [0.15, 0.2) is 51.6 Å². The van der Waals surface area contributed by atoms with Gasteiger partial charge in [-0.25, -0.2) is 4.79 Å². The maximum absolute atomic E-state index is 13.0. The Hall–Kier alpha value is -2.82. The number of amides is 2. The quantitative estimate of drug-likeness (QED) is 0.443. The number of furan rings is 1. The molecular formula is C20H20BrN3O6. The fourth-order valence-corrected chi connectivity index (χ4v) is 3.79. The van der Waals surface area contributed by atoms with Gasteiger partial charge in [0.05, 0.1) is 16.7 Å². The number of aromatic amines is 1. The minimum absolute atomic E-state index is 0.00304. The number of hydrogen-bond acceptors (Lipinski definition) is 6. The van der Waals surface area contributed by atoms with Gasteiger partial charge in [0, 0.05) is 25.6 Å². The molecule has 2 aromatic heterocycles. The van der Waals surface area contributed by atoms with Gasteiger partial charge in [0.25, 0.3) is 0 Å². The Balaban J connectivity index is 1.48. The number of ether oxygens (including phenoxy) is 1. The van der Waals surface area contributed by atoms with Crippen molar-refractivity contribution in [2.75, 3.05) is 13.1 Å². The highest BCUT2D eigenvalue weighted by Crippen LogP contribution is 2.29. The van der Waals surface area contributed by atoms with Gasteiger partial charge in [0.15, 0.2) is 5.58 Å². The lowest BCUT2D eigenvalue weighted by Gasteiger charge is -2.24. The molecule has 1 aliphatic heterocycles. The van der Waals surface area contributed by atoms with E-state index >= 15 is 0 Å². The third-order valence-electron chi connectivity index (χ3n) is 4.93. The number of aliphatic hydroxyl groups is 2. The molecule has 1 aliphatic rings. The lowest BCUT2D eigenvalue weighted by Crippen LogP contribution is -2.50. The van der Waals surface area contributed by atoms with Crippen LogP contribution in [0.5, 0.6) is 5.88 Å². The summed E-state index contributed by atoms with van der Waals surface area (Å²) >= 11 is 3.32. The Kier molecular flexibility index (Phi) is 5.80. The summed E-state index contributed by atoms with van der Waals surface area (Å²) in [6.07, 6.45) is -1.09. The van der Waals surface area contributed by atoms with E-state index in [-0.39, 0.29) is 25.4 Å². The number of benzene rings is 1. The number of carbonyl (C=O) groups is 2. The fourth-order valence-electron chi connectivity index (χ4n) is 3.40. The van der Waals surface area contributed by atoms with E-state index in [4.69, 9.17) is 9.15 Å². The molecule has 3 atom stereocenters. The number of halogens is 1. The molecule has 1 aromatic carbocycles. The standard InChI is InChI=1S/C20H20BrN3O6/c21-12-10-29-16-7-17(23-18(12)16)30-20(28)22-13(6-11-4-2-1-3-5-11)19(27)24-8-14(25)15(26)9-24/h1-5,7,10,13-15,23,25-26H,6,8-9H2,(H,22,28)/t13-,14-,15+/m0/s1. The van der Waals surface area contributed by atoms with Crippen molar-refractivity contribution in [2.45, 2.75) is 24.7 Å². The van der Waals surface area contributed by atoms with Crippen molar-refractivity contribution < 1.29 is 29.0 Å². The zero-order valence-corrected chi connectivity index (χ0v) is 17.3. The molecule has 0 unspecified atom stereocenters. The molecule has 158 valence electrons. The van der Waals surface area contributed by atoms with Gasteiger partial charge in [-0.2, -0.15) is 0 Å². The van der Waals surface area contributed by atoms with Crippen molar-refractivity contribution >= 4 is 39.0 Å². The Bertz CT molecular complexity index is 1040. The van der Waals surface area contributed by atoms with Crippen LogP contribution < -0.4 is 10.1 Å². The molecule has 10 heteroatoms. The van der Waals surface area contributed by atoms with E-state index in [0.29, 0.717) is 15.6 Å². The van der Waals surface area contributed by atoms with Crippen molar-refractivity contribution in [3.63, 3.8) is 0 Å². The molecule has 0 bridgehead atoms. The molecule has 0 spiro atoms. The zero-order chi connectivity index (χ0) is 21.3. The van der Waals surface area contributed by atoms with Gasteiger partial charge >= 0.3 is 6.09 Å². The zero-order valence-electron chi connectivity index (χ0n) is 15.7. The molecule has 2 amide bonds. The predicted molar refractivity (Wildman–Crippen MR) is 110 cm³/mol. The van der Waals surface area contributed by atoms with Crippen molar-refractivity contribution in [1.82, 2.24) is 15.2 Å². The van der Waals surface area contributed by atoms with Crippen LogP contribution in [0, 0.1) is 0 Å². The van der Waals surface area contributed by atoms with Crippen molar-refractivity contribution in [2.24, 2.45) is 0 Å². The van der Waals surface area contributed by atoms with Crippen LogP contribution in [0.4, 0.5) is 4.79 Å². The molecule has 4 N–H and O–H groups in total. The summed E-state index contributed by atoms with van der Waals surface area (Å²) in [4.78, 5) is 29.7. The molecule has 0 radical (unpaired) electrons. The molecule has 0 saturated carbocycles. The first-order chi connectivity index (χ1) is 14.4. The number of nitrogens with one attached hydrogen (secondary N) is 2. The van der Waals surface area contributed by atoms with E-state index in [1.54, 1.807) is 0 Å². The normalized spacial score (nSPS) is 19.8. The highest BCUT2D eigenvalue weighted by atomic mass is 79.9. The molecule has 9 nitrogen and oxygen atoms in total. The first kappa shape index (κ1) is 20.5. The van der Waals surface area contributed by atoms with Crippen LogP contribution in [0.25, 0.3) is 11.1 Å². The third-order valence-corrected chi connectivity index (χ3v) is 5.51. The van der Waals surface area contributed by atoms with E-state index in [2.05, 4.69) is 26.2 Å².